The molecule has 0 spiro atoms. The van der Waals surface area contributed by atoms with E-state index in [1.807, 2.05) is 45.2 Å². The van der Waals surface area contributed by atoms with Crippen molar-refractivity contribution in [2.75, 3.05) is 41.4 Å². The fourth-order valence-electron chi connectivity index (χ4n) is 3.12. The predicted molar refractivity (Wildman–Crippen MR) is 94.7 cm³/mol. The third kappa shape index (κ3) is 4.47. The zero-order valence-corrected chi connectivity index (χ0v) is 15.1. The lowest BCUT2D eigenvalue weighted by molar-refractivity contribution is -0.116. The van der Waals surface area contributed by atoms with Gasteiger partial charge in [-0.2, -0.15) is 0 Å². The molecule has 0 aromatic heterocycles. The normalized spacial score (nSPS) is 18.7. The van der Waals surface area contributed by atoms with Gasteiger partial charge in [0.15, 0.2) is 9.84 Å². The molecule has 0 fully saturated rings. The Morgan fingerprint density at radius 1 is 1.22 bits per heavy atom. The van der Waals surface area contributed by atoms with Crippen LogP contribution in [0.3, 0.4) is 0 Å². The van der Waals surface area contributed by atoms with Gasteiger partial charge in [0.2, 0.25) is 5.91 Å². The van der Waals surface area contributed by atoms with Crippen LogP contribution in [0.1, 0.15) is 20.8 Å². The molecule has 0 saturated carbocycles. The molecule has 1 amide bonds. The van der Waals surface area contributed by atoms with Gasteiger partial charge in [0.05, 0.1) is 17.1 Å². The molecule has 0 aliphatic carbocycles. The second-order valence-electron chi connectivity index (χ2n) is 6.93. The van der Waals surface area contributed by atoms with Gasteiger partial charge in [0, 0.05) is 20.1 Å². The lowest BCUT2D eigenvalue weighted by Gasteiger charge is -2.24. The second kappa shape index (κ2) is 6.91. The molecule has 1 aromatic carbocycles. The smallest absolute Gasteiger partial charge is 0.242 e. The Morgan fingerprint density at radius 3 is 2.43 bits per heavy atom. The summed E-state index contributed by atoms with van der Waals surface area (Å²) in [5.74, 6) is -0.418. The lowest BCUT2D eigenvalue weighted by Crippen LogP contribution is -2.39. The van der Waals surface area contributed by atoms with Gasteiger partial charge in [-0.3, -0.25) is 4.79 Å². The molecule has 0 radical (unpaired) electrons. The number of benzene rings is 1. The number of anilines is 2. The zero-order chi connectivity index (χ0) is 17.2. The van der Waals surface area contributed by atoms with Gasteiger partial charge in [-0.15, -0.1) is 0 Å². The highest BCUT2D eigenvalue weighted by molar-refractivity contribution is 7.92. The summed E-state index contributed by atoms with van der Waals surface area (Å²) >= 11 is 0. The van der Waals surface area contributed by atoms with E-state index < -0.39 is 15.6 Å². The number of sulfone groups is 1. The predicted octanol–water partition coefficient (Wildman–Crippen LogP) is 2.18. The maximum atomic E-state index is 12.7. The highest BCUT2D eigenvalue weighted by Crippen LogP contribution is 2.32. The molecule has 5 nitrogen and oxygen atoms in total. The number of para-hydroxylation sites is 2. The van der Waals surface area contributed by atoms with Crippen LogP contribution in [-0.2, 0) is 14.6 Å². The van der Waals surface area contributed by atoms with E-state index in [0.717, 1.165) is 17.9 Å². The molecule has 6 heteroatoms. The molecule has 0 bridgehead atoms. The van der Waals surface area contributed by atoms with Crippen LogP contribution in [0.2, 0.25) is 0 Å². The summed E-state index contributed by atoms with van der Waals surface area (Å²) in [6.07, 6.45) is 0. The van der Waals surface area contributed by atoms with Crippen LogP contribution < -0.4 is 9.80 Å². The molecule has 0 N–H and O–H groups in total. The SMILES string of the molecule is CC(C)CS(=O)(=O)CC(=O)N1C[C@H](C)CN(C)c2ccccc21. The van der Waals surface area contributed by atoms with Gasteiger partial charge < -0.3 is 9.80 Å². The summed E-state index contributed by atoms with van der Waals surface area (Å²) in [5, 5.41) is 0. The maximum Gasteiger partial charge on any atom is 0.242 e. The Bertz CT molecular complexity index is 670. The Kier molecular flexibility index (Phi) is 5.34. The molecule has 2 rings (SSSR count). The van der Waals surface area contributed by atoms with Gasteiger partial charge in [-0.05, 0) is 24.0 Å². The van der Waals surface area contributed by atoms with Gasteiger partial charge in [0.1, 0.15) is 5.75 Å². The monoisotopic (exact) mass is 338 g/mol. The summed E-state index contributed by atoms with van der Waals surface area (Å²) in [5.41, 5.74) is 1.76. The number of amides is 1. The minimum Gasteiger partial charge on any atom is -0.373 e. The van der Waals surface area contributed by atoms with Crippen molar-refractivity contribution < 1.29 is 13.2 Å². The largest absolute Gasteiger partial charge is 0.373 e. The van der Waals surface area contributed by atoms with Crippen molar-refractivity contribution in [3.63, 3.8) is 0 Å². The van der Waals surface area contributed by atoms with Crippen molar-refractivity contribution in [3.8, 4) is 0 Å². The molecule has 1 aromatic rings. The van der Waals surface area contributed by atoms with E-state index in [9.17, 15) is 13.2 Å². The summed E-state index contributed by atoms with van der Waals surface area (Å²) in [7, 11) is -1.38. The molecule has 128 valence electrons. The van der Waals surface area contributed by atoms with E-state index in [-0.39, 0.29) is 23.5 Å². The fraction of sp³-hybridized carbons (Fsp3) is 0.588. The Morgan fingerprint density at radius 2 is 1.83 bits per heavy atom. The summed E-state index contributed by atoms with van der Waals surface area (Å²) in [6.45, 7) is 7.14. The van der Waals surface area contributed by atoms with Gasteiger partial charge in [-0.25, -0.2) is 8.42 Å². The highest BCUT2D eigenvalue weighted by atomic mass is 32.2. The maximum absolute atomic E-state index is 12.7. The van der Waals surface area contributed by atoms with E-state index in [4.69, 9.17) is 0 Å². The topological polar surface area (TPSA) is 57.7 Å². The Hall–Kier alpha value is -1.56. The van der Waals surface area contributed by atoms with E-state index in [0.29, 0.717) is 6.54 Å². The highest BCUT2D eigenvalue weighted by Gasteiger charge is 2.29. The van der Waals surface area contributed by atoms with Gasteiger partial charge >= 0.3 is 0 Å². The number of carbonyl (C=O) groups excluding carboxylic acids is 1. The number of rotatable bonds is 4. The zero-order valence-electron chi connectivity index (χ0n) is 14.3. The van der Waals surface area contributed by atoms with Gasteiger partial charge in [0.25, 0.3) is 0 Å². The molecule has 1 aliphatic rings. The van der Waals surface area contributed by atoms with Crippen LogP contribution in [0.4, 0.5) is 11.4 Å². The minimum absolute atomic E-state index is 0.0225. The first-order valence-corrected chi connectivity index (χ1v) is 9.82. The van der Waals surface area contributed by atoms with Crippen LogP contribution in [0.5, 0.6) is 0 Å². The van der Waals surface area contributed by atoms with Crippen LogP contribution in [0.15, 0.2) is 24.3 Å². The summed E-state index contributed by atoms with van der Waals surface area (Å²) in [4.78, 5) is 16.5. The number of fused-ring (bicyclic) bond motifs is 1. The molecular weight excluding hydrogens is 312 g/mol. The summed E-state index contributed by atoms with van der Waals surface area (Å²) < 4.78 is 24.4. The second-order valence-corrected chi connectivity index (χ2v) is 9.04. The van der Waals surface area contributed by atoms with Crippen LogP contribution in [0.25, 0.3) is 0 Å². The number of nitrogens with zero attached hydrogens (tertiary/aromatic N) is 2. The average Bonchev–Trinajstić information content (AvgIpc) is 2.54. The molecule has 1 aliphatic heterocycles. The minimum atomic E-state index is -3.38. The van der Waals surface area contributed by atoms with Crippen molar-refractivity contribution in [2.24, 2.45) is 11.8 Å². The van der Waals surface area contributed by atoms with Crippen molar-refractivity contribution in [3.05, 3.63) is 24.3 Å². The number of hydrogen-bond acceptors (Lipinski definition) is 4. The van der Waals surface area contributed by atoms with Crippen molar-refractivity contribution in [1.29, 1.82) is 0 Å². The van der Waals surface area contributed by atoms with Crippen molar-refractivity contribution in [1.82, 2.24) is 0 Å². The van der Waals surface area contributed by atoms with Crippen LogP contribution >= 0.6 is 0 Å². The Balaban J connectivity index is 2.30. The first-order chi connectivity index (χ1) is 10.7. The first-order valence-electron chi connectivity index (χ1n) is 8.00. The van der Waals surface area contributed by atoms with E-state index >= 15 is 0 Å². The molecule has 23 heavy (non-hydrogen) atoms. The summed E-state index contributed by atoms with van der Waals surface area (Å²) in [6, 6.07) is 7.67. The standard InChI is InChI=1S/C17H26N2O3S/c1-13(2)11-23(21,22)12-17(20)19-10-14(3)9-18(4)15-7-5-6-8-16(15)19/h5-8,13-14H,9-12H2,1-4H3/t14-/m1/s1. The van der Waals surface area contributed by atoms with Crippen molar-refractivity contribution in [2.45, 2.75) is 20.8 Å². The average molecular weight is 338 g/mol. The third-order valence-electron chi connectivity index (χ3n) is 3.90. The lowest BCUT2D eigenvalue weighted by atomic mass is 10.1. The number of hydrogen-bond donors (Lipinski definition) is 0. The quantitative estimate of drug-likeness (QED) is 0.844. The van der Waals surface area contributed by atoms with E-state index in [1.54, 1.807) is 4.90 Å². The number of carbonyl (C=O) groups is 1. The molecule has 1 atom stereocenters. The van der Waals surface area contributed by atoms with Gasteiger partial charge in [-0.1, -0.05) is 32.9 Å². The van der Waals surface area contributed by atoms with E-state index in [1.165, 1.54) is 0 Å². The molecule has 1 heterocycles. The molecule has 0 saturated heterocycles. The van der Waals surface area contributed by atoms with Crippen LogP contribution in [-0.4, -0.2) is 46.0 Å². The van der Waals surface area contributed by atoms with Crippen LogP contribution in [0, 0.1) is 11.8 Å². The molecule has 0 unspecified atom stereocenters. The third-order valence-corrected chi connectivity index (χ3v) is 5.76. The first kappa shape index (κ1) is 17.8. The van der Waals surface area contributed by atoms with E-state index in [2.05, 4.69) is 11.8 Å². The Labute approximate surface area is 139 Å². The van der Waals surface area contributed by atoms with Crippen molar-refractivity contribution >= 4 is 27.1 Å². The fourth-order valence-corrected chi connectivity index (χ4v) is 4.78. The molecular formula is C17H26N2O3S.